The highest BCUT2D eigenvalue weighted by Gasteiger charge is 2.43. The van der Waals surface area contributed by atoms with Crippen molar-refractivity contribution in [2.45, 2.75) is 76.8 Å². The number of benzene rings is 4. The molecule has 6 atom stereocenters. The Balaban J connectivity index is 0.974. The Morgan fingerprint density at radius 3 is 2.40 bits per heavy atom. The zero-order valence-electron chi connectivity index (χ0n) is 37.3. The van der Waals surface area contributed by atoms with E-state index in [4.69, 9.17) is 28.9 Å². The van der Waals surface area contributed by atoms with Crippen LogP contribution in [0.1, 0.15) is 80.9 Å². The highest BCUT2D eigenvalue weighted by atomic mass is 16.5. The summed E-state index contributed by atoms with van der Waals surface area (Å²) < 4.78 is 21.7. The van der Waals surface area contributed by atoms with Gasteiger partial charge in [-0.1, -0.05) is 62.4 Å². The van der Waals surface area contributed by atoms with Crippen molar-refractivity contribution >= 4 is 45.8 Å². The summed E-state index contributed by atoms with van der Waals surface area (Å²) in [6.07, 6.45) is 2.64. The van der Waals surface area contributed by atoms with E-state index in [1.54, 1.807) is 18.2 Å². The quantitative estimate of drug-likeness (QED) is 0.100. The van der Waals surface area contributed by atoms with Gasteiger partial charge in [0.25, 0.3) is 5.91 Å². The van der Waals surface area contributed by atoms with Crippen molar-refractivity contribution in [3.63, 3.8) is 0 Å². The number of nitrogens with one attached hydrogen (secondary N) is 4. The molecule has 65 heavy (non-hydrogen) atoms. The van der Waals surface area contributed by atoms with Gasteiger partial charge in [-0.3, -0.25) is 9.59 Å². The SMILES string of the molecule is COCC1CC(c2ncc(-c3ccc4c(c3)COc3cc5c(ccc6[nH]c([C@@H]7CC[C@H](C)N7C(=O)C(NC(=O)OC)C(C)C)nc65)cc3-4)[nH]2)N(C(=O)C(NC(=O)OC)c2ccccc2)C1. The number of imidazole rings is 2. The van der Waals surface area contributed by atoms with Gasteiger partial charge in [-0.05, 0) is 84.0 Å². The van der Waals surface area contributed by atoms with Crippen LogP contribution >= 0.6 is 0 Å². The van der Waals surface area contributed by atoms with Crippen LogP contribution < -0.4 is 15.4 Å². The normalized spacial score (nSPS) is 20.0. The van der Waals surface area contributed by atoms with Crippen LogP contribution in [0.15, 0.2) is 79.0 Å². The third-order valence-corrected chi connectivity index (χ3v) is 13.1. The summed E-state index contributed by atoms with van der Waals surface area (Å²) in [6.45, 7) is 7.11. The first kappa shape index (κ1) is 43.3. The number of aromatic nitrogens is 4. The highest BCUT2D eigenvalue weighted by molar-refractivity contribution is 6.07. The number of hydrogen-bond donors (Lipinski definition) is 4. The number of carbonyl (C=O) groups excluding carboxylic acids is 4. The molecule has 6 aromatic rings. The number of carbonyl (C=O) groups is 4. The van der Waals surface area contributed by atoms with E-state index in [-0.39, 0.29) is 41.8 Å². The molecule has 3 aliphatic heterocycles. The second-order valence-electron chi connectivity index (χ2n) is 17.6. The predicted octanol–water partition coefficient (Wildman–Crippen LogP) is 7.73. The monoisotopic (exact) mass is 882 g/mol. The highest BCUT2D eigenvalue weighted by Crippen LogP contribution is 2.44. The van der Waals surface area contributed by atoms with Crippen molar-refractivity contribution in [2.75, 3.05) is 34.5 Å². The Kier molecular flexibility index (Phi) is 11.9. The van der Waals surface area contributed by atoms with E-state index >= 15 is 0 Å². The third-order valence-electron chi connectivity index (χ3n) is 13.1. The van der Waals surface area contributed by atoms with Gasteiger partial charge < -0.3 is 49.3 Å². The minimum absolute atomic E-state index is 0.0342. The molecule has 0 saturated carbocycles. The lowest BCUT2D eigenvalue weighted by Crippen LogP contribution is -2.52. The van der Waals surface area contributed by atoms with Crippen LogP contribution in [0.5, 0.6) is 5.75 Å². The number of alkyl carbamates (subject to hydrolysis) is 2. The van der Waals surface area contributed by atoms with E-state index in [9.17, 15) is 19.2 Å². The number of fused-ring (bicyclic) bond motifs is 6. The number of nitrogens with zero attached hydrogens (tertiary/aromatic N) is 4. The van der Waals surface area contributed by atoms with Crippen LogP contribution in [-0.4, -0.2) is 100 Å². The first-order chi connectivity index (χ1) is 31.5. The number of amides is 4. The molecule has 5 heterocycles. The van der Waals surface area contributed by atoms with Gasteiger partial charge >= 0.3 is 12.2 Å². The van der Waals surface area contributed by atoms with Crippen molar-refractivity contribution in [1.82, 2.24) is 40.4 Å². The van der Waals surface area contributed by atoms with Gasteiger partial charge in [0, 0.05) is 36.6 Å². The zero-order valence-corrected chi connectivity index (χ0v) is 37.3. The van der Waals surface area contributed by atoms with Gasteiger partial charge in [-0.15, -0.1) is 0 Å². The minimum Gasteiger partial charge on any atom is -0.488 e. The Morgan fingerprint density at radius 2 is 1.65 bits per heavy atom. The van der Waals surface area contributed by atoms with Gasteiger partial charge in [0.1, 0.15) is 36.1 Å². The first-order valence-electron chi connectivity index (χ1n) is 22.1. The first-order valence-corrected chi connectivity index (χ1v) is 22.1. The molecule has 4 N–H and O–H groups in total. The summed E-state index contributed by atoms with van der Waals surface area (Å²) in [5, 5.41) is 7.42. The Labute approximate surface area is 376 Å². The molecule has 4 unspecified atom stereocenters. The molecule has 0 aliphatic carbocycles. The van der Waals surface area contributed by atoms with Crippen molar-refractivity contribution < 1.29 is 38.1 Å². The van der Waals surface area contributed by atoms with E-state index in [1.807, 2.05) is 62.1 Å². The maximum absolute atomic E-state index is 14.3. The molecule has 16 nitrogen and oxygen atoms in total. The number of likely N-dealkylation sites (tertiary alicyclic amines) is 2. The minimum atomic E-state index is -0.948. The molecule has 4 amide bonds. The second kappa shape index (κ2) is 17.9. The van der Waals surface area contributed by atoms with E-state index in [0.717, 1.165) is 68.3 Å². The fourth-order valence-corrected chi connectivity index (χ4v) is 9.83. The maximum Gasteiger partial charge on any atom is 0.407 e. The van der Waals surface area contributed by atoms with Crippen molar-refractivity contribution in [1.29, 1.82) is 0 Å². The number of methoxy groups -OCH3 is 3. The van der Waals surface area contributed by atoms with Crippen LogP contribution in [0.4, 0.5) is 9.59 Å². The Morgan fingerprint density at radius 1 is 0.862 bits per heavy atom. The molecule has 0 spiro atoms. The number of H-pyrrole nitrogens is 2. The molecule has 9 rings (SSSR count). The fourth-order valence-electron chi connectivity index (χ4n) is 9.83. The molecule has 0 radical (unpaired) electrons. The van der Waals surface area contributed by atoms with Crippen LogP contribution in [0, 0.1) is 11.8 Å². The average molecular weight is 883 g/mol. The number of hydrogen-bond acceptors (Lipinski definition) is 10. The summed E-state index contributed by atoms with van der Waals surface area (Å²) in [4.78, 5) is 73.5. The zero-order chi connectivity index (χ0) is 45.5. The van der Waals surface area contributed by atoms with Crippen LogP contribution in [0.2, 0.25) is 0 Å². The lowest BCUT2D eigenvalue weighted by atomic mass is 9.92. The molecule has 2 aromatic heterocycles. The van der Waals surface area contributed by atoms with Crippen molar-refractivity contribution in [3.05, 3.63) is 102 Å². The van der Waals surface area contributed by atoms with Gasteiger partial charge in [-0.25, -0.2) is 19.6 Å². The standard InChI is InChI=1S/C49H54N8O8/c1-26(2)41(54-48(60)63-5)47(59)57-27(3)12-17-38(57)45-51-36-16-14-30-20-35-33-15-13-31(19-32(33)25-65-40(35)21-34(30)43(36)53-45)37-22-50-44(52-37)39-18-28(24-62-4)23-56(39)46(58)42(55-49(61)64-6)29-10-8-7-9-11-29/h7-11,13-16,19-22,26-28,38-39,41-42H,12,17-18,23-25H2,1-6H3,(H,50,52)(H,51,53)(H,54,60)(H,55,61)/t27-,28?,38-,39?,41?,42?/m0/s1. The van der Waals surface area contributed by atoms with Crippen LogP contribution in [-0.2, 0) is 30.4 Å². The van der Waals surface area contributed by atoms with Gasteiger partial charge in [0.2, 0.25) is 5.91 Å². The predicted molar refractivity (Wildman–Crippen MR) is 243 cm³/mol. The second-order valence-corrected chi connectivity index (χ2v) is 17.6. The Hall–Kier alpha value is -6.94. The molecule has 338 valence electrons. The number of ether oxygens (including phenoxy) is 4. The fraction of sp³-hybridized carbons (Fsp3) is 0.388. The van der Waals surface area contributed by atoms with Crippen LogP contribution in [0.3, 0.4) is 0 Å². The molecule has 2 fully saturated rings. The summed E-state index contributed by atoms with van der Waals surface area (Å²) in [6, 6.07) is 21.3. The molecular weight excluding hydrogens is 829 g/mol. The molecule has 3 aliphatic rings. The Bertz CT molecular complexity index is 2770. The number of rotatable bonds is 11. The summed E-state index contributed by atoms with van der Waals surface area (Å²) >= 11 is 0. The third kappa shape index (κ3) is 8.22. The summed E-state index contributed by atoms with van der Waals surface area (Å²) in [5.74, 6) is 1.61. The van der Waals surface area contributed by atoms with E-state index < -0.39 is 24.3 Å². The smallest absolute Gasteiger partial charge is 0.407 e. The maximum atomic E-state index is 14.3. The topological polar surface area (TPSA) is 193 Å². The largest absolute Gasteiger partial charge is 0.488 e. The van der Waals surface area contributed by atoms with E-state index in [0.29, 0.717) is 43.4 Å². The summed E-state index contributed by atoms with van der Waals surface area (Å²) in [7, 11) is 4.22. The van der Waals surface area contributed by atoms with E-state index in [1.165, 1.54) is 14.2 Å². The van der Waals surface area contributed by atoms with Gasteiger partial charge in [0.05, 0.1) is 55.8 Å². The lowest BCUT2D eigenvalue weighted by molar-refractivity contribution is -0.137. The molecule has 0 bridgehead atoms. The molecule has 2 saturated heterocycles. The molecular formula is C49H54N8O8. The van der Waals surface area contributed by atoms with Crippen molar-refractivity contribution in [3.8, 4) is 28.1 Å². The summed E-state index contributed by atoms with van der Waals surface area (Å²) in [5.41, 5.74) is 7.09. The van der Waals surface area contributed by atoms with E-state index in [2.05, 4.69) is 57.0 Å². The number of aromatic amines is 2. The van der Waals surface area contributed by atoms with Crippen molar-refractivity contribution in [2.24, 2.45) is 11.8 Å². The molecule has 16 heteroatoms. The molecule has 4 aromatic carbocycles. The lowest BCUT2D eigenvalue weighted by Gasteiger charge is -2.32. The van der Waals surface area contributed by atoms with Gasteiger partial charge in [0.15, 0.2) is 0 Å². The average Bonchev–Trinajstić information content (AvgIpc) is 4.15. The van der Waals surface area contributed by atoms with Crippen LogP contribution in [0.25, 0.3) is 44.2 Å². The van der Waals surface area contributed by atoms with Gasteiger partial charge in [-0.2, -0.15) is 0 Å².